The Hall–Kier alpha value is -1.36. The maximum absolute atomic E-state index is 13.1. The summed E-state index contributed by atoms with van der Waals surface area (Å²) < 4.78 is 15.6. The van der Waals surface area contributed by atoms with Crippen molar-refractivity contribution in [2.24, 2.45) is 0 Å². The maximum atomic E-state index is 13.1. The Bertz CT molecular complexity index is 566. The van der Waals surface area contributed by atoms with Gasteiger partial charge in [0.25, 0.3) is 0 Å². The van der Waals surface area contributed by atoms with E-state index in [-0.39, 0.29) is 5.82 Å². The molecule has 0 aliphatic heterocycles. The molecular weight excluding hydrogens is 309 g/mol. The highest BCUT2D eigenvalue weighted by atomic mass is 79.9. The van der Waals surface area contributed by atoms with Crippen molar-refractivity contribution in [3.8, 4) is 0 Å². The lowest BCUT2D eigenvalue weighted by atomic mass is 10.3. The van der Waals surface area contributed by atoms with E-state index < -0.39 is 0 Å². The van der Waals surface area contributed by atoms with Crippen LogP contribution in [0.3, 0.4) is 0 Å². The molecule has 0 saturated carbocycles. The molecule has 0 saturated heterocycles. The number of nitrogens with zero attached hydrogens (tertiary/aromatic N) is 2. The first-order valence-electron chi connectivity index (χ1n) is 6.38. The summed E-state index contributed by atoms with van der Waals surface area (Å²) >= 11 is 3.18. The monoisotopic (exact) mass is 325 g/mol. The summed E-state index contributed by atoms with van der Waals surface area (Å²) in [5.74, 6) is -0.252. The third kappa shape index (κ3) is 3.35. The number of rotatable bonds is 5. The standard InChI is InChI=1S/C14H17BrFN3/c1-3-10-7-12(19(4-2)18-10)9-17-11-5-6-14(16)13(15)8-11/h5-8,17H,3-4,9H2,1-2H3. The fourth-order valence-electron chi connectivity index (χ4n) is 1.90. The number of hydrogen-bond donors (Lipinski definition) is 1. The van der Waals surface area contributed by atoms with Gasteiger partial charge in [0.2, 0.25) is 0 Å². The lowest BCUT2D eigenvalue weighted by Gasteiger charge is -2.08. The minimum Gasteiger partial charge on any atom is -0.379 e. The van der Waals surface area contributed by atoms with Crippen molar-refractivity contribution in [1.29, 1.82) is 0 Å². The largest absolute Gasteiger partial charge is 0.379 e. The lowest BCUT2D eigenvalue weighted by Crippen LogP contribution is -2.08. The molecule has 1 aromatic heterocycles. The van der Waals surface area contributed by atoms with Gasteiger partial charge in [-0.3, -0.25) is 4.68 Å². The van der Waals surface area contributed by atoms with E-state index in [1.807, 2.05) is 4.68 Å². The van der Waals surface area contributed by atoms with Crippen molar-refractivity contribution in [2.75, 3.05) is 5.32 Å². The molecule has 0 bridgehead atoms. The topological polar surface area (TPSA) is 29.9 Å². The average Bonchev–Trinajstić information content (AvgIpc) is 2.82. The highest BCUT2D eigenvalue weighted by Crippen LogP contribution is 2.20. The van der Waals surface area contributed by atoms with Crippen LogP contribution in [0.15, 0.2) is 28.7 Å². The van der Waals surface area contributed by atoms with Crippen LogP contribution in [0.25, 0.3) is 0 Å². The van der Waals surface area contributed by atoms with Crippen LogP contribution >= 0.6 is 15.9 Å². The number of nitrogens with one attached hydrogen (secondary N) is 1. The van der Waals surface area contributed by atoms with Crippen LogP contribution in [-0.4, -0.2) is 9.78 Å². The number of aryl methyl sites for hydroxylation is 2. The van der Waals surface area contributed by atoms with Crippen molar-refractivity contribution < 1.29 is 4.39 Å². The predicted molar refractivity (Wildman–Crippen MR) is 78.7 cm³/mol. The van der Waals surface area contributed by atoms with E-state index in [0.29, 0.717) is 11.0 Å². The summed E-state index contributed by atoms with van der Waals surface area (Å²) in [5, 5.41) is 7.78. The van der Waals surface area contributed by atoms with E-state index >= 15 is 0 Å². The Balaban J connectivity index is 2.09. The minimum absolute atomic E-state index is 0.252. The van der Waals surface area contributed by atoms with E-state index in [0.717, 1.165) is 30.0 Å². The normalized spacial score (nSPS) is 10.7. The van der Waals surface area contributed by atoms with Crippen LogP contribution in [0, 0.1) is 5.82 Å². The Kier molecular flexibility index (Phi) is 4.58. The summed E-state index contributed by atoms with van der Waals surface area (Å²) in [7, 11) is 0. The van der Waals surface area contributed by atoms with E-state index in [4.69, 9.17) is 0 Å². The van der Waals surface area contributed by atoms with E-state index in [1.54, 1.807) is 12.1 Å². The van der Waals surface area contributed by atoms with Crippen LogP contribution in [0.2, 0.25) is 0 Å². The van der Waals surface area contributed by atoms with Gasteiger partial charge in [0.15, 0.2) is 0 Å². The summed E-state index contributed by atoms with van der Waals surface area (Å²) in [5.41, 5.74) is 3.12. The molecule has 102 valence electrons. The van der Waals surface area contributed by atoms with Gasteiger partial charge in [0.1, 0.15) is 5.82 Å². The van der Waals surface area contributed by atoms with Crippen molar-refractivity contribution >= 4 is 21.6 Å². The fourth-order valence-corrected chi connectivity index (χ4v) is 2.28. The van der Waals surface area contributed by atoms with Crippen LogP contribution in [0.4, 0.5) is 10.1 Å². The fraction of sp³-hybridized carbons (Fsp3) is 0.357. The molecular formula is C14H17BrFN3. The Labute approximate surface area is 121 Å². The average molecular weight is 326 g/mol. The molecule has 0 fully saturated rings. The van der Waals surface area contributed by atoms with Gasteiger partial charge in [-0.05, 0) is 53.5 Å². The first-order valence-corrected chi connectivity index (χ1v) is 7.17. The quantitative estimate of drug-likeness (QED) is 0.901. The zero-order valence-corrected chi connectivity index (χ0v) is 12.7. The third-order valence-electron chi connectivity index (χ3n) is 2.97. The van der Waals surface area contributed by atoms with Gasteiger partial charge < -0.3 is 5.32 Å². The van der Waals surface area contributed by atoms with Gasteiger partial charge in [-0.2, -0.15) is 5.10 Å². The molecule has 3 nitrogen and oxygen atoms in total. The highest BCUT2D eigenvalue weighted by Gasteiger charge is 2.06. The number of aromatic nitrogens is 2. The second kappa shape index (κ2) is 6.19. The molecule has 2 aromatic rings. The molecule has 0 spiro atoms. The number of halogens is 2. The number of anilines is 1. The van der Waals surface area contributed by atoms with E-state index in [1.165, 1.54) is 6.07 Å². The summed E-state index contributed by atoms with van der Waals surface area (Å²) in [6.07, 6.45) is 0.933. The summed E-state index contributed by atoms with van der Waals surface area (Å²) in [6.45, 7) is 5.70. The van der Waals surface area contributed by atoms with Gasteiger partial charge in [-0.15, -0.1) is 0 Å². The molecule has 0 aliphatic carbocycles. The van der Waals surface area contributed by atoms with Gasteiger partial charge in [0.05, 0.1) is 22.4 Å². The Morgan fingerprint density at radius 2 is 2.11 bits per heavy atom. The molecule has 1 heterocycles. The second-order valence-corrected chi connectivity index (χ2v) is 5.13. The Morgan fingerprint density at radius 3 is 2.74 bits per heavy atom. The molecule has 0 amide bonds. The van der Waals surface area contributed by atoms with Crippen molar-refractivity contribution in [3.63, 3.8) is 0 Å². The molecule has 0 atom stereocenters. The lowest BCUT2D eigenvalue weighted by molar-refractivity contribution is 0.618. The Morgan fingerprint density at radius 1 is 1.32 bits per heavy atom. The van der Waals surface area contributed by atoms with Crippen LogP contribution in [0.1, 0.15) is 25.2 Å². The van der Waals surface area contributed by atoms with Gasteiger partial charge in [-0.1, -0.05) is 6.92 Å². The zero-order valence-electron chi connectivity index (χ0n) is 11.1. The molecule has 19 heavy (non-hydrogen) atoms. The van der Waals surface area contributed by atoms with Crippen LogP contribution in [-0.2, 0) is 19.5 Å². The molecule has 1 aromatic carbocycles. The smallest absolute Gasteiger partial charge is 0.137 e. The molecule has 0 aliphatic rings. The molecule has 1 N–H and O–H groups in total. The van der Waals surface area contributed by atoms with Crippen molar-refractivity contribution in [1.82, 2.24) is 9.78 Å². The van der Waals surface area contributed by atoms with Crippen molar-refractivity contribution in [3.05, 3.63) is 45.9 Å². The van der Waals surface area contributed by atoms with Crippen molar-refractivity contribution in [2.45, 2.75) is 33.4 Å². The SMILES string of the molecule is CCc1cc(CNc2ccc(F)c(Br)c2)n(CC)n1. The van der Waals surface area contributed by atoms with E-state index in [9.17, 15) is 4.39 Å². The second-order valence-electron chi connectivity index (χ2n) is 4.28. The number of hydrogen-bond acceptors (Lipinski definition) is 2. The zero-order chi connectivity index (χ0) is 13.8. The highest BCUT2D eigenvalue weighted by molar-refractivity contribution is 9.10. The molecule has 2 rings (SSSR count). The van der Waals surface area contributed by atoms with Gasteiger partial charge >= 0.3 is 0 Å². The minimum atomic E-state index is -0.252. The maximum Gasteiger partial charge on any atom is 0.137 e. The van der Waals surface area contributed by atoms with Crippen LogP contribution < -0.4 is 5.32 Å². The van der Waals surface area contributed by atoms with E-state index in [2.05, 4.69) is 46.3 Å². The predicted octanol–water partition coefficient (Wildman–Crippen LogP) is 3.98. The summed E-state index contributed by atoms with van der Waals surface area (Å²) in [6, 6.07) is 7.02. The molecule has 0 radical (unpaired) electrons. The third-order valence-corrected chi connectivity index (χ3v) is 3.58. The molecule has 5 heteroatoms. The van der Waals surface area contributed by atoms with Gasteiger partial charge in [-0.25, -0.2) is 4.39 Å². The summed E-state index contributed by atoms with van der Waals surface area (Å²) in [4.78, 5) is 0. The van der Waals surface area contributed by atoms with Crippen LogP contribution in [0.5, 0.6) is 0 Å². The molecule has 0 unspecified atom stereocenters. The number of benzene rings is 1. The first kappa shape index (κ1) is 14.1. The first-order chi connectivity index (χ1) is 9.13. The van der Waals surface area contributed by atoms with Gasteiger partial charge in [0, 0.05) is 12.2 Å².